The lowest BCUT2D eigenvalue weighted by molar-refractivity contribution is -0.137. The summed E-state index contributed by atoms with van der Waals surface area (Å²) in [5, 5.41) is 5.14. The van der Waals surface area contributed by atoms with Crippen molar-refractivity contribution < 1.29 is 28.7 Å². The standard InChI is InChI=1S/C18H29N3O6/c1-12(2)14-10-16(23)21(17(14)24)8-6-15(22)19-7-5-9-26-11-20-18(25)27-13(3)4/h10,12-13H,5-9,11H2,1-4H3,(H,19,22)(H,20,25). The maximum absolute atomic E-state index is 12.1. The number of amides is 4. The molecule has 0 spiro atoms. The number of nitrogens with zero attached hydrogens (tertiary/aromatic N) is 1. The summed E-state index contributed by atoms with van der Waals surface area (Å²) >= 11 is 0. The molecule has 0 radical (unpaired) electrons. The average Bonchev–Trinajstić information content (AvgIpc) is 2.86. The van der Waals surface area contributed by atoms with E-state index >= 15 is 0 Å². The van der Waals surface area contributed by atoms with Crippen LogP contribution in [-0.4, -0.2) is 61.2 Å². The van der Waals surface area contributed by atoms with E-state index in [-0.39, 0.29) is 49.4 Å². The fraction of sp³-hybridized carbons (Fsp3) is 0.667. The number of carbonyl (C=O) groups is 4. The second-order valence-corrected chi connectivity index (χ2v) is 6.69. The molecule has 1 aliphatic rings. The van der Waals surface area contributed by atoms with Crippen molar-refractivity contribution in [3.8, 4) is 0 Å². The molecule has 0 aromatic heterocycles. The van der Waals surface area contributed by atoms with Gasteiger partial charge in [-0.15, -0.1) is 0 Å². The summed E-state index contributed by atoms with van der Waals surface area (Å²) in [6, 6.07) is 0. The van der Waals surface area contributed by atoms with Crippen molar-refractivity contribution in [1.29, 1.82) is 0 Å². The zero-order chi connectivity index (χ0) is 20.4. The van der Waals surface area contributed by atoms with Crippen LogP contribution in [0.15, 0.2) is 11.6 Å². The van der Waals surface area contributed by atoms with Crippen molar-refractivity contribution in [2.75, 3.05) is 26.4 Å². The SMILES string of the molecule is CC(C)OC(=O)NCOCCCNC(=O)CCN1C(=O)C=C(C(C)C)C1=O. The highest BCUT2D eigenvalue weighted by atomic mass is 16.6. The zero-order valence-electron chi connectivity index (χ0n) is 16.4. The van der Waals surface area contributed by atoms with Crippen LogP contribution in [0.1, 0.15) is 40.5 Å². The Hall–Kier alpha value is -2.42. The minimum atomic E-state index is -0.542. The zero-order valence-corrected chi connectivity index (χ0v) is 16.4. The van der Waals surface area contributed by atoms with Crippen LogP contribution in [0.3, 0.4) is 0 Å². The third-order valence-corrected chi connectivity index (χ3v) is 3.67. The number of rotatable bonds is 11. The molecular formula is C18H29N3O6. The first-order chi connectivity index (χ1) is 12.7. The highest BCUT2D eigenvalue weighted by Gasteiger charge is 2.32. The van der Waals surface area contributed by atoms with Crippen LogP contribution in [-0.2, 0) is 23.9 Å². The lowest BCUT2D eigenvalue weighted by Gasteiger charge is -2.15. The van der Waals surface area contributed by atoms with Gasteiger partial charge >= 0.3 is 6.09 Å². The Bertz CT molecular complexity index is 586. The summed E-state index contributed by atoms with van der Waals surface area (Å²) in [4.78, 5) is 48.0. The normalized spacial score (nSPS) is 14.0. The molecule has 0 saturated heterocycles. The van der Waals surface area contributed by atoms with Gasteiger partial charge in [-0.2, -0.15) is 0 Å². The lowest BCUT2D eigenvalue weighted by Crippen LogP contribution is -2.36. The van der Waals surface area contributed by atoms with Crippen LogP contribution >= 0.6 is 0 Å². The topological polar surface area (TPSA) is 114 Å². The average molecular weight is 383 g/mol. The van der Waals surface area contributed by atoms with Crippen molar-refractivity contribution in [3.63, 3.8) is 0 Å². The van der Waals surface area contributed by atoms with Crippen molar-refractivity contribution in [1.82, 2.24) is 15.5 Å². The van der Waals surface area contributed by atoms with E-state index in [9.17, 15) is 19.2 Å². The van der Waals surface area contributed by atoms with Gasteiger partial charge in [-0.05, 0) is 26.2 Å². The molecule has 1 aliphatic heterocycles. The molecule has 0 saturated carbocycles. The van der Waals surface area contributed by atoms with E-state index < -0.39 is 6.09 Å². The second-order valence-electron chi connectivity index (χ2n) is 6.69. The molecule has 0 aromatic carbocycles. The van der Waals surface area contributed by atoms with Crippen molar-refractivity contribution in [2.24, 2.45) is 5.92 Å². The van der Waals surface area contributed by atoms with E-state index in [0.29, 0.717) is 25.1 Å². The molecule has 0 unspecified atom stereocenters. The molecule has 27 heavy (non-hydrogen) atoms. The minimum absolute atomic E-state index is 0.0259. The van der Waals surface area contributed by atoms with Crippen LogP contribution in [0.4, 0.5) is 4.79 Å². The summed E-state index contributed by atoms with van der Waals surface area (Å²) in [5.41, 5.74) is 0.475. The fourth-order valence-electron chi connectivity index (χ4n) is 2.30. The van der Waals surface area contributed by atoms with E-state index in [2.05, 4.69) is 10.6 Å². The first-order valence-electron chi connectivity index (χ1n) is 9.08. The van der Waals surface area contributed by atoms with Gasteiger partial charge < -0.3 is 14.8 Å². The predicted octanol–water partition coefficient (Wildman–Crippen LogP) is 0.943. The summed E-state index contributed by atoms with van der Waals surface area (Å²) in [6.45, 7) is 8.03. The Morgan fingerprint density at radius 1 is 1.15 bits per heavy atom. The van der Waals surface area contributed by atoms with Gasteiger partial charge in [-0.1, -0.05) is 13.8 Å². The summed E-state index contributed by atoms with van der Waals surface area (Å²) in [6.07, 6.45) is 1.22. The monoisotopic (exact) mass is 383 g/mol. The molecule has 4 amide bonds. The van der Waals surface area contributed by atoms with Crippen molar-refractivity contribution >= 4 is 23.8 Å². The molecule has 0 aromatic rings. The summed E-state index contributed by atoms with van der Waals surface area (Å²) in [5.74, 6) is -0.956. The Kier molecular flexibility index (Phi) is 9.49. The third-order valence-electron chi connectivity index (χ3n) is 3.67. The largest absolute Gasteiger partial charge is 0.447 e. The second kappa shape index (κ2) is 11.3. The van der Waals surface area contributed by atoms with E-state index in [0.717, 1.165) is 4.90 Å². The van der Waals surface area contributed by atoms with Gasteiger partial charge in [0.15, 0.2) is 0 Å². The fourth-order valence-corrected chi connectivity index (χ4v) is 2.30. The molecule has 0 aliphatic carbocycles. The van der Waals surface area contributed by atoms with E-state index in [4.69, 9.17) is 9.47 Å². The number of nitrogens with one attached hydrogen (secondary N) is 2. The van der Waals surface area contributed by atoms with Gasteiger partial charge in [0.1, 0.15) is 6.73 Å². The Morgan fingerprint density at radius 3 is 2.44 bits per heavy atom. The third kappa shape index (κ3) is 8.21. The molecule has 0 atom stereocenters. The molecule has 1 heterocycles. The Labute approximate surface area is 159 Å². The molecule has 9 heteroatoms. The molecule has 1 rings (SSSR count). The van der Waals surface area contributed by atoms with E-state index in [1.165, 1.54) is 6.08 Å². The van der Waals surface area contributed by atoms with Gasteiger partial charge in [-0.25, -0.2) is 4.79 Å². The number of hydrogen-bond donors (Lipinski definition) is 2. The van der Waals surface area contributed by atoms with Crippen LogP contribution < -0.4 is 10.6 Å². The quantitative estimate of drug-likeness (QED) is 0.312. The van der Waals surface area contributed by atoms with E-state index in [1.807, 2.05) is 13.8 Å². The van der Waals surface area contributed by atoms with Crippen LogP contribution in [0.25, 0.3) is 0 Å². The first kappa shape index (κ1) is 22.6. The highest BCUT2D eigenvalue weighted by Crippen LogP contribution is 2.20. The van der Waals surface area contributed by atoms with Gasteiger partial charge in [0.2, 0.25) is 5.91 Å². The summed E-state index contributed by atoms with van der Waals surface area (Å²) < 4.78 is 10.1. The lowest BCUT2D eigenvalue weighted by atomic mass is 10.0. The van der Waals surface area contributed by atoms with Crippen LogP contribution in [0.5, 0.6) is 0 Å². The van der Waals surface area contributed by atoms with Gasteiger partial charge in [0, 0.05) is 31.2 Å². The Morgan fingerprint density at radius 2 is 1.85 bits per heavy atom. The summed E-state index contributed by atoms with van der Waals surface area (Å²) in [7, 11) is 0. The molecule has 152 valence electrons. The maximum atomic E-state index is 12.1. The van der Waals surface area contributed by atoms with Gasteiger partial charge in [-0.3, -0.25) is 24.6 Å². The van der Waals surface area contributed by atoms with Gasteiger partial charge in [0.05, 0.1) is 12.7 Å². The van der Waals surface area contributed by atoms with Crippen LogP contribution in [0, 0.1) is 5.92 Å². The molecule has 0 fully saturated rings. The molecule has 2 N–H and O–H groups in total. The molecular weight excluding hydrogens is 354 g/mol. The number of alkyl carbamates (subject to hydrolysis) is 1. The Balaban J connectivity index is 2.09. The molecule has 9 nitrogen and oxygen atoms in total. The van der Waals surface area contributed by atoms with Crippen LogP contribution in [0.2, 0.25) is 0 Å². The van der Waals surface area contributed by atoms with Crippen molar-refractivity contribution in [3.05, 3.63) is 11.6 Å². The van der Waals surface area contributed by atoms with Crippen molar-refractivity contribution in [2.45, 2.75) is 46.6 Å². The maximum Gasteiger partial charge on any atom is 0.409 e. The number of hydrogen-bond acceptors (Lipinski definition) is 6. The number of imide groups is 1. The van der Waals surface area contributed by atoms with E-state index in [1.54, 1.807) is 13.8 Å². The van der Waals surface area contributed by atoms with Gasteiger partial charge in [0.25, 0.3) is 11.8 Å². The predicted molar refractivity (Wildman–Crippen MR) is 97.5 cm³/mol. The highest BCUT2D eigenvalue weighted by molar-refractivity contribution is 6.16. The smallest absolute Gasteiger partial charge is 0.409 e. The minimum Gasteiger partial charge on any atom is -0.447 e. The first-order valence-corrected chi connectivity index (χ1v) is 9.08. The number of carbonyl (C=O) groups excluding carboxylic acids is 4. The molecule has 0 bridgehead atoms. The number of ether oxygens (including phenoxy) is 2.